The van der Waals surface area contributed by atoms with Crippen LogP contribution in [0.4, 0.5) is 0 Å². The molecule has 0 atom stereocenters. The van der Waals surface area contributed by atoms with E-state index >= 15 is 0 Å². The first-order chi connectivity index (χ1) is 14.1. The molecule has 0 fully saturated rings. The first-order valence-corrected chi connectivity index (χ1v) is 11.0. The van der Waals surface area contributed by atoms with E-state index in [9.17, 15) is 9.59 Å². The fraction of sp³-hybridized carbons (Fsp3) is 0.625. The second-order valence-corrected chi connectivity index (χ2v) is 9.15. The number of carbonyl (C=O) groups is 2. The molecule has 1 heterocycles. The van der Waals surface area contributed by atoms with E-state index in [0.717, 1.165) is 36.8 Å². The Bertz CT molecular complexity index is 856. The third kappa shape index (κ3) is 6.07. The lowest BCUT2D eigenvalue weighted by Gasteiger charge is -2.24. The van der Waals surface area contributed by atoms with Gasteiger partial charge in [-0.15, -0.1) is 0 Å². The van der Waals surface area contributed by atoms with Crippen molar-refractivity contribution in [1.82, 2.24) is 14.7 Å². The zero-order valence-electron chi connectivity index (χ0n) is 19.6. The van der Waals surface area contributed by atoms with E-state index in [1.165, 1.54) is 0 Å². The Kier molecular flexibility index (Phi) is 8.44. The summed E-state index contributed by atoms with van der Waals surface area (Å²) in [5, 5.41) is 5.33. The second-order valence-electron chi connectivity index (χ2n) is 9.15. The number of fused-ring (bicyclic) bond motifs is 1. The summed E-state index contributed by atoms with van der Waals surface area (Å²) >= 11 is 0. The number of benzene rings is 1. The zero-order valence-corrected chi connectivity index (χ0v) is 19.6. The summed E-state index contributed by atoms with van der Waals surface area (Å²) in [5.41, 5.74) is 1.17. The predicted molar refractivity (Wildman–Crippen MR) is 121 cm³/mol. The van der Waals surface area contributed by atoms with Crippen LogP contribution in [-0.4, -0.2) is 46.6 Å². The molecule has 0 aliphatic heterocycles. The third-order valence-corrected chi connectivity index (χ3v) is 5.31. The average molecular weight is 416 g/mol. The van der Waals surface area contributed by atoms with E-state index in [0.29, 0.717) is 23.3 Å². The van der Waals surface area contributed by atoms with Crippen LogP contribution in [0.1, 0.15) is 64.9 Å². The Hall–Kier alpha value is -2.37. The van der Waals surface area contributed by atoms with Gasteiger partial charge in [0.15, 0.2) is 5.78 Å². The van der Waals surface area contributed by atoms with Gasteiger partial charge in [-0.25, -0.2) is 0 Å². The first-order valence-electron chi connectivity index (χ1n) is 11.0. The molecule has 1 aromatic heterocycles. The van der Waals surface area contributed by atoms with Crippen LogP contribution < -0.4 is 4.74 Å². The van der Waals surface area contributed by atoms with Crippen molar-refractivity contribution >= 4 is 22.6 Å². The van der Waals surface area contributed by atoms with Gasteiger partial charge >= 0.3 is 0 Å². The van der Waals surface area contributed by atoms with Crippen LogP contribution in [0.5, 0.6) is 5.75 Å². The van der Waals surface area contributed by atoms with Gasteiger partial charge in [-0.3, -0.25) is 14.3 Å². The number of rotatable bonds is 11. The number of aromatic nitrogens is 2. The van der Waals surface area contributed by atoms with E-state index in [1.807, 2.05) is 36.9 Å². The maximum Gasteiger partial charge on any atom is 0.244 e. The van der Waals surface area contributed by atoms with Crippen molar-refractivity contribution in [2.24, 2.45) is 17.8 Å². The summed E-state index contributed by atoms with van der Waals surface area (Å²) in [7, 11) is 1.60. The summed E-state index contributed by atoms with van der Waals surface area (Å²) in [4.78, 5) is 27.8. The van der Waals surface area contributed by atoms with Crippen molar-refractivity contribution in [2.75, 3.05) is 20.2 Å². The smallest absolute Gasteiger partial charge is 0.244 e. The number of ether oxygens (including phenoxy) is 1. The minimum atomic E-state index is -0.164. The lowest BCUT2D eigenvalue weighted by molar-refractivity contribution is -0.132. The number of hydrogen-bond acceptors (Lipinski definition) is 4. The van der Waals surface area contributed by atoms with Crippen molar-refractivity contribution in [3.8, 4) is 5.75 Å². The Morgan fingerprint density at radius 2 is 1.63 bits per heavy atom. The molecule has 0 bridgehead atoms. The van der Waals surface area contributed by atoms with Crippen LogP contribution >= 0.6 is 0 Å². The molecule has 166 valence electrons. The molecule has 2 aromatic rings. The maximum absolute atomic E-state index is 13.2. The monoisotopic (exact) mass is 415 g/mol. The number of amides is 1. The summed E-state index contributed by atoms with van der Waals surface area (Å²) in [6.45, 7) is 14.0. The van der Waals surface area contributed by atoms with Gasteiger partial charge in [0, 0.05) is 30.5 Å². The fourth-order valence-electron chi connectivity index (χ4n) is 3.27. The highest BCUT2D eigenvalue weighted by molar-refractivity contribution is 6.07. The van der Waals surface area contributed by atoms with Crippen LogP contribution in [0, 0.1) is 17.8 Å². The van der Waals surface area contributed by atoms with Crippen molar-refractivity contribution in [1.29, 1.82) is 0 Å². The average Bonchev–Trinajstić information content (AvgIpc) is 3.04. The Morgan fingerprint density at radius 1 is 1.03 bits per heavy atom. The normalized spacial score (nSPS) is 11.7. The molecular weight excluding hydrogens is 378 g/mol. The highest BCUT2D eigenvalue weighted by Gasteiger charge is 2.23. The van der Waals surface area contributed by atoms with E-state index in [1.54, 1.807) is 11.8 Å². The van der Waals surface area contributed by atoms with Crippen molar-refractivity contribution < 1.29 is 14.3 Å². The van der Waals surface area contributed by atoms with Crippen LogP contribution in [0.3, 0.4) is 0 Å². The van der Waals surface area contributed by atoms with Gasteiger partial charge in [0.1, 0.15) is 18.0 Å². The van der Waals surface area contributed by atoms with Crippen molar-refractivity contribution in [2.45, 2.75) is 60.9 Å². The first kappa shape index (κ1) is 23.9. The lowest BCUT2D eigenvalue weighted by Crippen LogP contribution is -2.36. The van der Waals surface area contributed by atoms with E-state index in [2.05, 4.69) is 32.8 Å². The third-order valence-electron chi connectivity index (χ3n) is 5.31. The maximum atomic E-state index is 13.2. The quantitative estimate of drug-likeness (QED) is 0.494. The van der Waals surface area contributed by atoms with Crippen molar-refractivity contribution in [3.05, 3.63) is 23.9 Å². The van der Waals surface area contributed by atoms with Gasteiger partial charge in [0.05, 0.1) is 12.6 Å². The van der Waals surface area contributed by atoms with Gasteiger partial charge in [0.25, 0.3) is 0 Å². The molecule has 1 amide bonds. The Labute approximate surface area is 180 Å². The number of hydrogen-bond donors (Lipinski definition) is 0. The minimum absolute atomic E-state index is 0.0205. The molecular formula is C24H37N3O3. The fourth-order valence-corrected chi connectivity index (χ4v) is 3.27. The van der Waals surface area contributed by atoms with Gasteiger partial charge in [-0.2, -0.15) is 5.10 Å². The highest BCUT2D eigenvalue weighted by atomic mass is 16.5. The Balaban J connectivity index is 2.36. The number of methoxy groups -OCH3 is 1. The van der Waals surface area contributed by atoms with Crippen LogP contribution in [0.15, 0.2) is 18.2 Å². The van der Waals surface area contributed by atoms with Crippen molar-refractivity contribution in [3.63, 3.8) is 0 Å². The molecule has 6 nitrogen and oxygen atoms in total. The molecule has 2 rings (SSSR count). The molecule has 0 radical (unpaired) electrons. The predicted octanol–water partition coefficient (Wildman–Crippen LogP) is 4.80. The Morgan fingerprint density at radius 3 is 2.13 bits per heavy atom. The van der Waals surface area contributed by atoms with Crippen LogP contribution in [0.25, 0.3) is 10.9 Å². The summed E-state index contributed by atoms with van der Waals surface area (Å²) in [6, 6.07) is 5.53. The molecule has 0 unspecified atom stereocenters. The number of ketones is 1. The molecule has 0 aliphatic rings. The van der Waals surface area contributed by atoms with Gasteiger partial charge < -0.3 is 9.64 Å². The van der Waals surface area contributed by atoms with Crippen LogP contribution in [0.2, 0.25) is 0 Å². The van der Waals surface area contributed by atoms with E-state index in [4.69, 9.17) is 4.74 Å². The van der Waals surface area contributed by atoms with Gasteiger partial charge in [-0.05, 0) is 36.8 Å². The summed E-state index contributed by atoms with van der Waals surface area (Å²) < 4.78 is 7.02. The standard InChI is InChI=1S/C24H37N3O3/c1-16(2)10-12-26(13-11-17(3)4)22(28)15-27-21-14-19(30-7)8-9-20(21)23(25-27)24(29)18(5)6/h8-9,14,16-18H,10-13,15H2,1-7H3. The minimum Gasteiger partial charge on any atom is -0.497 e. The number of nitrogens with zero attached hydrogens (tertiary/aromatic N) is 3. The molecule has 0 saturated carbocycles. The molecule has 0 spiro atoms. The lowest BCUT2D eigenvalue weighted by atomic mass is 10.0. The summed E-state index contributed by atoms with van der Waals surface area (Å²) in [6.07, 6.45) is 1.93. The molecule has 0 N–H and O–H groups in total. The van der Waals surface area contributed by atoms with Crippen LogP contribution in [-0.2, 0) is 11.3 Å². The molecule has 0 aliphatic carbocycles. The number of carbonyl (C=O) groups excluding carboxylic acids is 2. The molecule has 6 heteroatoms. The molecule has 1 aromatic carbocycles. The van der Waals surface area contributed by atoms with E-state index in [-0.39, 0.29) is 24.2 Å². The molecule has 0 saturated heterocycles. The number of Topliss-reactive ketones (excluding diaryl/α,β-unsaturated/α-hetero) is 1. The SMILES string of the molecule is COc1ccc2c(C(=O)C(C)C)nn(CC(=O)N(CCC(C)C)CCC(C)C)c2c1. The summed E-state index contributed by atoms with van der Waals surface area (Å²) in [5.74, 6) is 1.59. The van der Waals surface area contributed by atoms with Gasteiger partial charge in [-0.1, -0.05) is 41.5 Å². The molecule has 30 heavy (non-hydrogen) atoms. The highest BCUT2D eigenvalue weighted by Crippen LogP contribution is 2.26. The topological polar surface area (TPSA) is 64.4 Å². The zero-order chi connectivity index (χ0) is 22.4. The second kappa shape index (κ2) is 10.6. The van der Waals surface area contributed by atoms with Gasteiger partial charge in [0.2, 0.25) is 5.91 Å². The largest absolute Gasteiger partial charge is 0.497 e. The van der Waals surface area contributed by atoms with E-state index < -0.39 is 0 Å².